The molecule has 0 amide bonds. The molecule has 0 aliphatic heterocycles. The van der Waals surface area contributed by atoms with Gasteiger partial charge in [0.25, 0.3) is 9.76 Å². The summed E-state index contributed by atoms with van der Waals surface area (Å²) >= 11 is 0. The molecule has 2 heteroatoms. The smallest absolute Gasteiger partial charge is 0.269 e. The molecule has 0 heterocycles. The summed E-state index contributed by atoms with van der Waals surface area (Å²) in [6, 6.07) is 8.55. The van der Waals surface area contributed by atoms with Crippen LogP contribution in [0, 0.1) is 0 Å². The number of hydrogen-bond donors (Lipinski definition) is 0. The maximum atomic E-state index is 5.69. The molecule has 0 fully saturated rings. The summed E-state index contributed by atoms with van der Waals surface area (Å²) in [6.07, 6.45) is 0.302. The molecule has 0 N–H and O–H groups in total. The monoisotopic (exact) mass is 220 g/mol. The minimum absolute atomic E-state index is 0.198. The van der Waals surface area contributed by atoms with E-state index in [0.717, 1.165) is 0 Å². The highest BCUT2D eigenvalue weighted by molar-refractivity contribution is 6.47. The molecule has 1 rings (SSSR count). The second-order valence-electron chi connectivity index (χ2n) is 5.06. The fourth-order valence-electron chi connectivity index (χ4n) is 1.41. The van der Waals surface area contributed by atoms with E-state index in [0.29, 0.717) is 15.9 Å². The molecule has 1 aromatic rings. The highest BCUT2D eigenvalue weighted by atomic mass is 28.2. The van der Waals surface area contributed by atoms with Crippen molar-refractivity contribution in [3.8, 4) is 0 Å². The predicted molar refractivity (Wildman–Crippen MR) is 66.8 cm³/mol. The van der Waals surface area contributed by atoms with Gasteiger partial charge in [-0.1, -0.05) is 45.0 Å². The lowest BCUT2D eigenvalue weighted by Gasteiger charge is -2.22. The molecule has 15 heavy (non-hydrogen) atoms. The van der Waals surface area contributed by atoms with Crippen LogP contribution in [0.15, 0.2) is 24.3 Å². The maximum absolute atomic E-state index is 5.69. The lowest BCUT2D eigenvalue weighted by molar-refractivity contribution is 0.260. The van der Waals surface area contributed by atoms with Crippen LogP contribution in [0.5, 0.6) is 0 Å². The van der Waals surface area contributed by atoms with Crippen molar-refractivity contribution in [1.29, 1.82) is 0 Å². The number of benzene rings is 1. The van der Waals surface area contributed by atoms with Gasteiger partial charge in [0.1, 0.15) is 0 Å². The Hall–Kier alpha value is -0.603. The molecular formula is C13H20OSi. The van der Waals surface area contributed by atoms with Crippen molar-refractivity contribution in [2.24, 2.45) is 0 Å². The predicted octanol–water partition coefficient (Wildman–Crippen LogP) is 2.65. The molecule has 0 bridgehead atoms. The third-order valence-electron chi connectivity index (χ3n) is 2.14. The molecule has 0 aromatic heterocycles. The van der Waals surface area contributed by atoms with Gasteiger partial charge >= 0.3 is 0 Å². The first kappa shape index (κ1) is 12.5. The van der Waals surface area contributed by atoms with E-state index in [2.05, 4.69) is 58.9 Å². The van der Waals surface area contributed by atoms with Crippen molar-refractivity contribution in [2.75, 3.05) is 0 Å². The summed E-state index contributed by atoms with van der Waals surface area (Å²) in [5.74, 6) is 0. The van der Waals surface area contributed by atoms with Gasteiger partial charge in [0.2, 0.25) is 0 Å². The van der Waals surface area contributed by atoms with Crippen LogP contribution in [0.2, 0.25) is 0 Å². The minimum atomic E-state index is 0.198. The fraction of sp³-hybridized carbons (Fsp3) is 0.538. The van der Waals surface area contributed by atoms with E-state index in [1.807, 2.05) is 0 Å². The van der Waals surface area contributed by atoms with E-state index in [1.54, 1.807) is 0 Å². The fourth-order valence-corrected chi connectivity index (χ4v) is 2.50. The second-order valence-corrected chi connectivity index (χ2v) is 6.04. The molecule has 0 saturated carbocycles. The van der Waals surface area contributed by atoms with Crippen LogP contribution in [0.3, 0.4) is 0 Å². The third-order valence-corrected chi connectivity index (χ3v) is 3.38. The van der Waals surface area contributed by atoms with Crippen LogP contribution < -0.4 is 5.19 Å². The molecule has 0 atom stereocenters. The van der Waals surface area contributed by atoms with Crippen LogP contribution in [-0.4, -0.2) is 15.9 Å². The van der Waals surface area contributed by atoms with Gasteiger partial charge in [-0.25, -0.2) is 0 Å². The molecule has 1 nitrogen and oxygen atoms in total. The van der Waals surface area contributed by atoms with Gasteiger partial charge in [0.05, 0.1) is 0 Å². The lowest BCUT2D eigenvalue weighted by Crippen LogP contribution is -2.30. The summed E-state index contributed by atoms with van der Waals surface area (Å²) in [4.78, 5) is 0. The highest BCUT2D eigenvalue weighted by Crippen LogP contribution is 2.19. The summed E-state index contributed by atoms with van der Waals surface area (Å²) in [7, 11) is 0.457. The second kappa shape index (κ2) is 4.95. The quantitative estimate of drug-likeness (QED) is 0.712. The Labute approximate surface area is 95.8 Å². The average Bonchev–Trinajstić information content (AvgIpc) is 2.13. The molecule has 0 aliphatic rings. The van der Waals surface area contributed by atoms with Crippen molar-refractivity contribution in [1.82, 2.24) is 0 Å². The molecule has 0 spiro atoms. The molecular weight excluding hydrogens is 200 g/mol. The van der Waals surface area contributed by atoms with Gasteiger partial charge in [0, 0.05) is 6.10 Å². The Morgan fingerprint density at radius 2 is 1.73 bits per heavy atom. The first-order valence-electron chi connectivity index (χ1n) is 5.42. The topological polar surface area (TPSA) is 9.23 Å². The van der Waals surface area contributed by atoms with Gasteiger partial charge < -0.3 is 4.43 Å². The van der Waals surface area contributed by atoms with Crippen molar-refractivity contribution in [3.05, 3.63) is 29.8 Å². The molecule has 82 valence electrons. The van der Waals surface area contributed by atoms with Crippen molar-refractivity contribution in [2.45, 2.75) is 46.1 Å². The van der Waals surface area contributed by atoms with E-state index in [9.17, 15) is 0 Å². The van der Waals surface area contributed by atoms with E-state index < -0.39 is 0 Å². The zero-order valence-electron chi connectivity index (χ0n) is 10.3. The number of rotatable bonds is 3. The SMILES string of the molecule is CC(C)O[Si]c1ccccc1C(C)(C)C. The van der Waals surface area contributed by atoms with Gasteiger partial charge in [0.15, 0.2) is 0 Å². The first-order chi connectivity index (χ1) is 6.91. The molecule has 0 aliphatic carbocycles. The van der Waals surface area contributed by atoms with Crippen molar-refractivity contribution >= 4 is 14.9 Å². The van der Waals surface area contributed by atoms with Crippen LogP contribution >= 0.6 is 0 Å². The van der Waals surface area contributed by atoms with Crippen LogP contribution in [0.1, 0.15) is 40.2 Å². The largest absolute Gasteiger partial charge is 0.409 e. The summed E-state index contributed by atoms with van der Waals surface area (Å²) < 4.78 is 5.69. The van der Waals surface area contributed by atoms with Gasteiger partial charge in [-0.05, 0) is 30.0 Å². The molecule has 0 unspecified atom stereocenters. The minimum Gasteiger partial charge on any atom is -0.409 e. The van der Waals surface area contributed by atoms with E-state index >= 15 is 0 Å². The zero-order valence-corrected chi connectivity index (χ0v) is 11.3. The third kappa shape index (κ3) is 3.80. The van der Waals surface area contributed by atoms with Gasteiger partial charge in [-0.3, -0.25) is 0 Å². The Morgan fingerprint density at radius 3 is 2.27 bits per heavy atom. The number of hydrogen-bond acceptors (Lipinski definition) is 1. The summed E-state index contributed by atoms with van der Waals surface area (Å²) in [5.41, 5.74) is 1.59. The summed E-state index contributed by atoms with van der Waals surface area (Å²) in [6.45, 7) is 10.9. The lowest BCUT2D eigenvalue weighted by atomic mass is 9.87. The van der Waals surface area contributed by atoms with E-state index in [1.165, 1.54) is 10.8 Å². The van der Waals surface area contributed by atoms with Gasteiger partial charge in [-0.2, -0.15) is 0 Å². The Balaban J connectivity index is 2.87. The molecule has 2 radical (unpaired) electrons. The average molecular weight is 220 g/mol. The Bertz CT molecular complexity index is 313. The van der Waals surface area contributed by atoms with Crippen LogP contribution in [0.25, 0.3) is 0 Å². The van der Waals surface area contributed by atoms with Crippen molar-refractivity contribution < 1.29 is 4.43 Å². The van der Waals surface area contributed by atoms with E-state index in [-0.39, 0.29) is 5.41 Å². The van der Waals surface area contributed by atoms with Gasteiger partial charge in [-0.15, -0.1) is 0 Å². The van der Waals surface area contributed by atoms with Crippen molar-refractivity contribution in [3.63, 3.8) is 0 Å². The maximum Gasteiger partial charge on any atom is 0.269 e. The van der Waals surface area contributed by atoms with Crippen LogP contribution in [-0.2, 0) is 9.84 Å². The highest BCUT2D eigenvalue weighted by Gasteiger charge is 2.17. The molecule has 1 aromatic carbocycles. The first-order valence-corrected chi connectivity index (χ1v) is 6.33. The van der Waals surface area contributed by atoms with Crippen LogP contribution in [0.4, 0.5) is 0 Å². The summed E-state index contributed by atoms with van der Waals surface area (Å²) in [5, 5.41) is 1.33. The Kier molecular flexibility index (Phi) is 4.11. The molecule has 0 saturated heterocycles. The normalized spacial score (nSPS) is 12.1. The van der Waals surface area contributed by atoms with E-state index in [4.69, 9.17) is 4.43 Å². The Morgan fingerprint density at radius 1 is 1.13 bits per heavy atom. The standard InChI is InChI=1S/C13H20OSi/c1-10(2)14-15-12-9-7-6-8-11(12)13(3,4)5/h6-10H,1-5H3. The zero-order chi connectivity index (χ0) is 11.5.